The van der Waals surface area contributed by atoms with Crippen molar-refractivity contribution in [3.63, 3.8) is 0 Å². The molecule has 1 saturated heterocycles. The summed E-state index contributed by atoms with van der Waals surface area (Å²) in [7, 11) is 0. The van der Waals surface area contributed by atoms with Gasteiger partial charge in [-0.2, -0.15) is 0 Å². The van der Waals surface area contributed by atoms with Gasteiger partial charge in [0.2, 0.25) is 0 Å². The Morgan fingerprint density at radius 2 is 2.33 bits per heavy atom. The quantitative estimate of drug-likeness (QED) is 0.808. The molecule has 2 aromatic rings. The number of halogens is 1. The standard InChI is InChI=1S/C15H20ClN3OS/c1-9-4-11(5-12(19-9)13-7-17-8-18-13)15-10(2-3-20)6-14(16)21-15/h6-9,11-12,19-20H,2-5H2,1H3,(H,17,18). The van der Waals surface area contributed by atoms with E-state index in [-0.39, 0.29) is 6.61 Å². The van der Waals surface area contributed by atoms with Crippen LogP contribution in [-0.4, -0.2) is 27.7 Å². The van der Waals surface area contributed by atoms with Crippen LogP contribution < -0.4 is 5.32 Å². The molecular weight excluding hydrogens is 306 g/mol. The van der Waals surface area contributed by atoms with Crippen molar-refractivity contribution in [2.24, 2.45) is 0 Å². The van der Waals surface area contributed by atoms with Crippen molar-refractivity contribution >= 4 is 22.9 Å². The first-order valence-electron chi connectivity index (χ1n) is 7.30. The normalized spacial score (nSPS) is 26.1. The smallest absolute Gasteiger partial charge is 0.0934 e. The van der Waals surface area contributed by atoms with E-state index in [2.05, 4.69) is 22.2 Å². The maximum atomic E-state index is 9.24. The first-order chi connectivity index (χ1) is 10.2. The fraction of sp³-hybridized carbons (Fsp3) is 0.533. The molecular formula is C15H20ClN3OS. The molecule has 3 heterocycles. The molecule has 0 radical (unpaired) electrons. The highest BCUT2D eigenvalue weighted by atomic mass is 35.5. The van der Waals surface area contributed by atoms with Gasteiger partial charge in [0.05, 0.1) is 16.4 Å². The van der Waals surface area contributed by atoms with Gasteiger partial charge in [0.1, 0.15) is 0 Å². The summed E-state index contributed by atoms with van der Waals surface area (Å²) in [6.45, 7) is 2.39. The number of rotatable bonds is 4. The number of hydrogen-bond donors (Lipinski definition) is 3. The largest absolute Gasteiger partial charge is 0.396 e. The number of aromatic amines is 1. The third kappa shape index (κ3) is 3.31. The molecule has 6 heteroatoms. The molecule has 0 bridgehead atoms. The minimum absolute atomic E-state index is 0.171. The Balaban J connectivity index is 1.84. The summed E-state index contributed by atoms with van der Waals surface area (Å²) < 4.78 is 0.817. The first kappa shape index (κ1) is 15.0. The van der Waals surface area contributed by atoms with Crippen molar-refractivity contribution in [3.05, 3.63) is 39.1 Å². The fourth-order valence-corrected chi connectivity index (χ4v) is 4.69. The summed E-state index contributed by atoms with van der Waals surface area (Å²) in [4.78, 5) is 8.67. The lowest BCUT2D eigenvalue weighted by Gasteiger charge is -2.34. The summed E-state index contributed by atoms with van der Waals surface area (Å²) in [5, 5.41) is 12.9. The van der Waals surface area contributed by atoms with Crippen LogP contribution in [0.4, 0.5) is 0 Å². The van der Waals surface area contributed by atoms with Gasteiger partial charge in [-0.05, 0) is 43.7 Å². The van der Waals surface area contributed by atoms with Crippen molar-refractivity contribution in [2.45, 2.75) is 44.2 Å². The van der Waals surface area contributed by atoms with E-state index in [9.17, 15) is 5.11 Å². The molecule has 1 aliphatic rings. The van der Waals surface area contributed by atoms with Gasteiger partial charge in [-0.1, -0.05) is 11.6 Å². The molecule has 0 aromatic carbocycles. The summed E-state index contributed by atoms with van der Waals surface area (Å²) >= 11 is 7.86. The molecule has 21 heavy (non-hydrogen) atoms. The molecule has 3 atom stereocenters. The van der Waals surface area contributed by atoms with E-state index in [4.69, 9.17) is 11.6 Å². The highest BCUT2D eigenvalue weighted by Gasteiger charge is 2.30. The number of nitrogens with one attached hydrogen (secondary N) is 2. The molecule has 0 spiro atoms. The zero-order chi connectivity index (χ0) is 14.8. The van der Waals surface area contributed by atoms with Crippen molar-refractivity contribution in [2.75, 3.05) is 6.61 Å². The van der Waals surface area contributed by atoms with Crippen LogP contribution in [0, 0.1) is 0 Å². The summed E-state index contributed by atoms with van der Waals surface area (Å²) in [6, 6.07) is 2.75. The molecule has 114 valence electrons. The minimum Gasteiger partial charge on any atom is -0.396 e. The minimum atomic E-state index is 0.171. The lowest BCUT2D eigenvalue weighted by atomic mass is 9.85. The number of aliphatic hydroxyl groups excluding tert-OH is 1. The van der Waals surface area contributed by atoms with Crippen LogP contribution in [-0.2, 0) is 6.42 Å². The van der Waals surface area contributed by atoms with Crippen molar-refractivity contribution in [1.29, 1.82) is 0 Å². The number of imidazole rings is 1. The maximum absolute atomic E-state index is 9.24. The molecule has 0 saturated carbocycles. The van der Waals surface area contributed by atoms with E-state index in [0.717, 1.165) is 22.9 Å². The molecule has 3 rings (SSSR count). The fourth-order valence-electron chi connectivity index (χ4n) is 3.24. The third-order valence-electron chi connectivity index (χ3n) is 4.10. The predicted octanol–water partition coefficient (Wildman–Crippen LogP) is 3.26. The summed E-state index contributed by atoms with van der Waals surface area (Å²) in [5.74, 6) is 0.480. The van der Waals surface area contributed by atoms with Gasteiger partial charge in [-0.3, -0.25) is 0 Å². The lowest BCUT2D eigenvalue weighted by molar-refractivity contribution is 0.293. The SMILES string of the molecule is CC1CC(c2sc(Cl)cc2CCO)CC(c2cnc[nH]2)N1. The van der Waals surface area contributed by atoms with Crippen LogP contribution in [0.1, 0.15) is 47.9 Å². The van der Waals surface area contributed by atoms with E-state index in [0.29, 0.717) is 24.4 Å². The average molecular weight is 326 g/mol. The van der Waals surface area contributed by atoms with Gasteiger partial charge in [0, 0.05) is 29.8 Å². The molecule has 2 aromatic heterocycles. The Bertz CT molecular complexity index is 584. The molecule has 0 aliphatic carbocycles. The summed E-state index contributed by atoms with van der Waals surface area (Å²) in [5.41, 5.74) is 2.34. The maximum Gasteiger partial charge on any atom is 0.0934 e. The Kier molecular flexibility index (Phi) is 4.64. The van der Waals surface area contributed by atoms with E-state index in [1.807, 2.05) is 12.3 Å². The van der Waals surface area contributed by atoms with Crippen LogP contribution in [0.25, 0.3) is 0 Å². The predicted molar refractivity (Wildman–Crippen MR) is 86.0 cm³/mol. The van der Waals surface area contributed by atoms with Gasteiger partial charge in [0.15, 0.2) is 0 Å². The number of hydrogen-bond acceptors (Lipinski definition) is 4. The van der Waals surface area contributed by atoms with Crippen LogP contribution in [0.2, 0.25) is 4.34 Å². The Morgan fingerprint density at radius 1 is 1.48 bits per heavy atom. The molecule has 3 N–H and O–H groups in total. The zero-order valence-electron chi connectivity index (χ0n) is 12.0. The van der Waals surface area contributed by atoms with E-state index >= 15 is 0 Å². The van der Waals surface area contributed by atoms with Gasteiger partial charge < -0.3 is 15.4 Å². The van der Waals surface area contributed by atoms with Crippen LogP contribution >= 0.6 is 22.9 Å². The second-order valence-electron chi connectivity index (χ2n) is 5.71. The number of aromatic nitrogens is 2. The Hall–Kier alpha value is -0.880. The highest BCUT2D eigenvalue weighted by Crippen LogP contribution is 2.42. The second-order valence-corrected chi connectivity index (χ2v) is 7.42. The highest BCUT2D eigenvalue weighted by molar-refractivity contribution is 7.16. The molecule has 1 fully saturated rings. The number of nitrogens with zero attached hydrogens (tertiary/aromatic N) is 1. The molecule has 3 unspecified atom stereocenters. The second kappa shape index (κ2) is 6.48. The number of H-pyrrole nitrogens is 1. The van der Waals surface area contributed by atoms with E-state index in [1.54, 1.807) is 17.7 Å². The molecule has 0 amide bonds. The Morgan fingerprint density at radius 3 is 3.05 bits per heavy atom. The number of aliphatic hydroxyl groups is 1. The monoisotopic (exact) mass is 325 g/mol. The van der Waals surface area contributed by atoms with Gasteiger partial charge in [-0.15, -0.1) is 11.3 Å². The van der Waals surface area contributed by atoms with Gasteiger partial charge in [-0.25, -0.2) is 4.98 Å². The number of piperidine rings is 1. The molecule has 1 aliphatic heterocycles. The van der Waals surface area contributed by atoms with Crippen molar-refractivity contribution in [1.82, 2.24) is 15.3 Å². The zero-order valence-corrected chi connectivity index (χ0v) is 13.5. The Labute approximate surface area is 133 Å². The number of thiophene rings is 1. The van der Waals surface area contributed by atoms with E-state index < -0.39 is 0 Å². The molecule has 4 nitrogen and oxygen atoms in total. The van der Waals surface area contributed by atoms with Crippen molar-refractivity contribution < 1.29 is 5.11 Å². The van der Waals surface area contributed by atoms with Crippen molar-refractivity contribution in [3.8, 4) is 0 Å². The van der Waals surface area contributed by atoms with E-state index in [1.165, 1.54) is 10.4 Å². The summed E-state index contributed by atoms with van der Waals surface area (Å²) in [6.07, 6.45) is 6.43. The average Bonchev–Trinajstić information content (AvgIpc) is 3.08. The van der Waals surface area contributed by atoms with Gasteiger partial charge >= 0.3 is 0 Å². The van der Waals surface area contributed by atoms with Crippen LogP contribution in [0.5, 0.6) is 0 Å². The lowest BCUT2D eigenvalue weighted by Crippen LogP contribution is -2.38. The topological polar surface area (TPSA) is 60.9 Å². The van der Waals surface area contributed by atoms with Gasteiger partial charge in [0.25, 0.3) is 0 Å². The van der Waals surface area contributed by atoms with Crippen LogP contribution in [0.15, 0.2) is 18.6 Å². The first-order valence-corrected chi connectivity index (χ1v) is 8.50. The third-order valence-corrected chi connectivity index (χ3v) is 5.57. The van der Waals surface area contributed by atoms with Crippen LogP contribution in [0.3, 0.4) is 0 Å².